The quantitative estimate of drug-likeness (QED) is 0.345. The number of rotatable bonds is 11. The van der Waals surface area contributed by atoms with E-state index in [4.69, 9.17) is 32.0 Å². The van der Waals surface area contributed by atoms with Crippen LogP contribution in [0.5, 0.6) is 5.75 Å². The van der Waals surface area contributed by atoms with E-state index in [-0.39, 0.29) is 24.3 Å². The third kappa shape index (κ3) is 10.8. The average molecular weight is 559 g/mol. The molecule has 208 valence electrons. The molecule has 0 unspecified atom stereocenters. The average Bonchev–Trinajstić information content (AvgIpc) is 3.39. The van der Waals surface area contributed by atoms with E-state index in [1.54, 1.807) is 30.6 Å². The number of aliphatic carboxylic acids is 1. The maximum atomic E-state index is 13.3. The Morgan fingerprint density at radius 2 is 1.79 bits per heavy atom. The highest BCUT2D eigenvalue weighted by Gasteiger charge is 2.38. The number of hydrogen-bond donors (Lipinski definition) is 3. The number of nitrogens with one attached hydrogen (secondary N) is 1. The van der Waals surface area contributed by atoms with E-state index < -0.39 is 12.1 Å². The van der Waals surface area contributed by atoms with E-state index in [9.17, 15) is 22.8 Å². The summed E-state index contributed by atoms with van der Waals surface area (Å²) in [6.07, 6.45) is 3.36. The van der Waals surface area contributed by atoms with Crippen LogP contribution in [-0.2, 0) is 9.59 Å². The normalized spacial score (nSPS) is 13.3. The molecule has 4 N–H and O–H groups in total. The summed E-state index contributed by atoms with van der Waals surface area (Å²) < 4.78 is 37.6. The lowest BCUT2D eigenvalue weighted by atomic mass is 10.1. The minimum absolute atomic E-state index is 0.0846. The highest BCUT2D eigenvalue weighted by Crippen LogP contribution is 2.28. The van der Waals surface area contributed by atoms with Crippen molar-refractivity contribution < 1.29 is 37.4 Å². The number of carboxylic acid groups (broad SMARTS) is 1. The smallest absolute Gasteiger partial charge is 0.490 e. The number of nitrogens with two attached hydrogens (primary N) is 1. The molecule has 9 nitrogen and oxygen atoms in total. The fourth-order valence-corrected chi connectivity index (χ4v) is 4.08. The van der Waals surface area contributed by atoms with Crippen molar-refractivity contribution in [2.45, 2.75) is 50.7 Å². The van der Waals surface area contributed by atoms with Crippen LogP contribution in [0.2, 0.25) is 5.02 Å². The van der Waals surface area contributed by atoms with Crippen molar-refractivity contribution in [3.05, 3.63) is 53.3 Å². The van der Waals surface area contributed by atoms with Crippen molar-refractivity contribution >= 4 is 35.1 Å². The Balaban J connectivity index is 0.000000638. The summed E-state index contributed by atoms with van der Waals surface area (Å²) in [4.78, 5) is 39.2. The molecular weight excluding hydrogens is 529 g/mol. The summed E-state index contributed by atoms with van der Waals surface area (Å²) in [5, 5.41) is 10.8. The SMILES string of the molecule is NC(=O)CCCN(C(=O)c1cc(Cl)cc(OCCNc2ccncc2)c1)C1CCCC1.O=C(O)C(F)(F)F. The molecule has 38 heavy (non-hydrogen) atoms. The predicted molar refractivity (Wildman–Crippen MR) is 135 cm³/mol. The van der Waals surface area contributed by atoms with Gasteiger partial charge in [-0.15, -0.1) is 0 Å². The molecule has 1 heterocycles. The molecule has 0 aliphatic heterocycles. The molecule has 3 rings (SSSR count). The van der Waals surface area contributed by atoms with Gasteiger partial charge in [0.25, 0.3) is 5.91 Å². The standard InChI is InChI=1S/C23H29ClN4O3.C2HF3O2/c24-18-14-17(15-21(16-18)31-13-11-27-19-7-9-26-10-8-19)23(30)28(12-3-6-22(25)29)20-4-1-2-5-20;3-2(4,5)1(6)7/h7-10,14-16,20H,1-6,11-13H2,(H2,25,29)(H,26,27);(H,6,7). The van der Waals surface area contributed by atoms with Crippen molar-refractivity contribution in [3.63, 3.8) is 0 Å². The first-order valence-electron chi connectivity index (χ1n) is 11.9. The van der Waals surface area contributed by atoms with Crippen LogP contribution in [0.1, 0.15) is 48.9 Å². The van der Waals surface area contributed by atoms with Gasteiger partial charge in [0.05, 0.1) is 0 Å². The van der Waals surface area contributed by atoms with Gasteiger partial charge in [0.2, 0.25) is 5.91 Å². The van der Waals surface area contributed by atoms with E-state index in [1.165, 1.54) is 0 Å². The fourth-order valence-electron chi connectivity index (χ4n) is 3.86. The van der Waals surface area contributed by atoms with Gasteiger partial charge in [0.15, 0.2) is 0 Å². The van der Waals surface area contributed by atoms with Gasteiger partial charge in [-0.05, 0) is 49.6 Å². The number of nitrogens with zero attached hydrogens (tertiary/aromatic N) is 2. The number of amides is 2. The molecule has 13 heteroatoms. The van der Waals surface area contributed by atoms with E-state index >= 15 is 0 Å². The van der Waals surface area contributed by atoms with Crippen molar-refractivity contribution in [2.24, 2.45) is 5.73 Å². The fraction of sp³-hybridized carbons (Fsp3) is 0.440. The molecule has 0 spiro atoms. The maximum absolute atomic E-state index is 13.3. The van der Waals surface area contributed by atoms with Crippen molar-refractivity contribution in [1.82, 2.24) is 9.88 Å². The van der Waals surface area contributed by atoms with Crippen LogP contribution in [-0.4, -0.2) is 64.7 Å². The molecule has 0 atom stereocenters. The van der Waals surface area contributed by atoms with Gasteiger partial charge in [-0.25, -0.2) is 4.79 Å². The van der Waals surface area contributed by atoms with Crippen LogP contribution in [0.25, 0.3) is 0 Å². The van der Waals surface area contributed by atoms with Crippen LogP contribution in [0.15, 0.2) is 42.7 Å². The van der Waals surface area contributed by atoms with E-state index in [0.717, 1.165) is 31.4 Å². The van der Waals surface area contributed by atoms with Crippen LogP contribution in [0, 0.1) is 0 Å². The molecule has 1 aromatic carbocycles. The molecule has 0 radical (unpaired) electrons. The predicted octanol–water partition coefficient (Wildman–Crippen LogP) is 4.51. The van der Waals surface area contributed by atoms with Gasteiger partial charge >= 0.3 is 12.1 Å². The molecule has 1 aliphatic rings. The number of benzene rings is 1. The van der Waals surface area contributed by atoms with Gasteiger partial charge < -0.3 is 25.8 Å². The molecule has 1 aliphatic carbocycles. The second kappa shape index (κ2) is 15.0. The number of alkyl halides is 3. The lowest BCUT2D eigenvalue weighted by molar-refractivity contribution is -0.192. The van der Waals surface area contributed by atoms with Crippen LogP contribution >= 0.6 is 11.6 Å². The minimum Gasteiger partial charge on any atom is -0.492 e. The summed E-state index contributed by atoms with van der Waals surface area (Å²) in [6.45, 7) is 1.52. The van der Waals surface area contributed by atoms with Gasteiger partial charge in [0.1, 0.15) is 12.4 Å². The molecular formula is C25H30ClF3N4O5. The lowest BCUT2D eigenvalue weighted by Crippen LogP contribution is -2.39. The van der Waals surface area contributed by atoms with E-state index in [0.29, 0.717) is 42.5 Å². The number of pyridine rings is 1. The molecule has 0 saturated heterocycles. The number of anilines is 1. The Hall–Kier alpha value is -3.54. The zero-order chi connectivity index (χ0) is 28.1. The number of carbonyl (C=O) groups is 3. The van der Waals surface area contributed by atoms with Crippen molar-refractivity contribution in [2.75, 3.05) is 25.0 Å². The first kappa shape index (κ1) is 30.7. The molecule has 1 aromatic heterocycles. The van der Waals surface area contributed by atoms with Crippen molar-refractivity contribution in [1.29, 1.82) is 0 Å². The number of halogens is 4. The third-order valence-corrected chi connectivity index (χ3v) is 5.81. The minimum atomic E-state index is -5.08. The van der Waals surface area contributed by atoms with Gasteiger partial charge in [-0.1, -0.05) is 24.4 Å². The zero-order valence-corrected chi connectivity index (χ0v) is 21.3. The highest BCUT2D eigenvalue weighted by molar-refractivity contribution is 6.31. The van der Waals surface area contributed by atoms with Crippen LogP contribution in [0.4, 0.5) is 18.9 Å². The van der Waals surface area contributed by atoms with Crippen LogP contribution in [0.3, 0.4) is 0 Å². The van der Waals surface area contributed by atoms with Crippen molar-refractivity contribution in [3.8, 4) is 5.75 Å². The number of ether oxygens (including phenoxy) is 1. The van der Waals surface area contributed by atoms with E-state index in [1.807, 2.05) is 17.0 Å². The van der Waals surface area contributed by atoms with Crippen LogP contribution < -0.4 is 15.8 Å². The molecule has 1 saturated carbocycles. The lowest BCUT2D eigenvalue weighted by Gasteiger charge is -2.29. The van der Waals surface area contributed by atoms with Gasteiger partial charge in [0, 0.05) is 54.2 Å². The van der Waals surface area contributed by atoms with Gasteiger partial charge in [-0.3, -0.25) is 14.6 Å². The number of aromatic nitrogens is 1. The first-order chi connectivity index (χ1) is 18.0. The summed E-state index contributed by atoms with van der Waals surface area (Å²) in [7, 11) is 0. The molecule has 2 aromatic rings. The van der Waals surface area contributed by atoms with E-state index in [2.05, 4.69) is 10.3 Å². The summed E-state index contributed by atoms with van der Waals surface area (Å²) in [5.74, 6) is -2.64. The zero-order valence-electron chi connectivity index (χ0n) is 20.5. The Labute approximate surface area is 223 Å². The molecule has 1 fully saturated rings. The Bertz CT molecular complexity index is 1070. The number of primary amides is 1. The maximum Gasteiger partial charge on any atom is 0.490 e. The highest BCUT2D eigenvalue weighted by atomic mass is 35.5. The molecule has 0 bridgehead atoms. The summed E-state index contributed by atoms with van der Waals surface area (Å²) >= 11 is 6.28. The number of carbonyl (C=O) groups excluding carboxylic acids is 2. The largest absolute Gasteiger partial charge is 0.492 e. The second-order valence-electron chi connectivity index (χ2n) is 8.50. The summed E-state index contributed by atoms with van der Waals surface area (Å²) in [5.41, 5.74) is 6.73. The first-order valence-corrected chi connectivity index (χ1v) is 12.3. The Morgan fingerprint density at radius 1 is 1.16 bits per heavy atom. The number of carboxylic acids is 1. The second-order valence-corrected chi connectivity index (χ2v) is 8.93. The third-order valence-electron chi connectivity index (χ3n) is 5.59. The Kier molecular flexibility index (Phi) is 12.1. The van der Waals surface area contributed by atoms with Gasteiger partial charge in [-0.2, -0.15) is 13.2 Å². The molecule has 2 amide bonds. The summed E-state index contributed by atoms with van der Waals surface area (Å²) in [6, 6.07) is 9.06. The topological polar surface area (TPSA) is 135 Å². The monoisotopic (exact) mass is 558 g/mol. The Morgan fingerprint density at radius 3 is 2.37 bits per heavy atom. The number of hydrogen-bond acceptors (Lipinski definition) is 6.